The van der Waals surface area contributed by atoms with Gasteiger partial charge in [-0.1, -0.05) is 24.3 Å². The SMILES string of the molecule is O=C(C1COc2ccccc2O1)N1CCC(CCOc2ccccc2F)CC1. The van der Waals surface area contributed by atoms with Crippen molar-refractivity contribution in [3.05, 3.63) is 54.3 Å². The Bertz CT molecular complexity index is 820. The van der Waals surface area contributed by atoms with Crippen LogP contribution in [0.4, 0.5) is 4.39 Å². The highest BCUT2D eigenvalue weighted by Crippen LogP contribution is 2.32. The summed E-state index contributed by atoms with van der Waals surface area (Å²) in [6.45, 7) is 2.12. The van der Waals surface area contributed by atoms with Crippen LogP contribution in [0.3, 0.4) is 0 Å². The fourth-order valence-corrected chi connectivity index (χ4v) is 3.68. The normalized spacial score (nSPS) is 19.3. The molecule has 1 amide bonds. The lowest BCUT2D eigenvalue weighted by atomic mass is 9.93. The lowest BCUT2D eigenvalue weighted by molar-refractivity contribution is -0.142. The first kappa shape index (κ1) is 18.6. The van der Waals surface area contributed by atoms with Gasteiger partial charge in [0.1, 0.15) is 6.61 Å². The van der Waals surface area contributed by atoms with E-state index in [4.69, 9.17) is 14.2 Å². The van der Waals surface area contributed by atoms with Gasteiger partial charge in [-0.25, -0.2) is 4.39 Å². The van der Waals surface area contributed by atoms with Crippen LogP contribution in [0.5, 0.6) is 17.2 Å². The Hall–Kier alpha value is -2.76. The summed E-state index contributed by atoms with van der Waals surface area (Å²) in [5, 5.41) is 0. The van der Waals surface area contributed by atoms with Crippen molar-refractivity contribution in [2.45, 2.75) is 25.4 Å². The number of benzene rings is 2. The first-order chi connectivity index (χ1) is 13.7. The maximum Gasteiger partial charge on any atom is 0.267 e. The molecule has 0 aliphatic carbocycles. The molecule has 1 fully saturated rings. The van der Waals surface area contributed by atoms with E-state index >= 15 is 0 Å². The Labute approximate surface area is 164 Å². The molecule has 2 heterocycles. The van der Waals surface area contributed by atoms with E-state index in [1.165, 1.54) is 6.07 Å². The van der Waals surface area contributed by atoms with Crippen molar-refractivity contribution in [3.8, 4) is 17.2 Å². The predicted molar refractivity (Wildman–Crippen MR) is 102 cm³/mol. The molecule has 1 atom stereocenters. The average molecular weight is 385 g/mol. The summed E-state index contributed by atoms with van der Waals surface area (Å²) < 4.78 is 30.6. The van der Waals surface area contributed by atoms with Gasteiger partial charge in [0, 0.05) is 13.1 Å². The van der Waals surface area contributed by atoms with E-state index in [0.717, 1.165) is 19.3 Å². The van der Waals surface area contributed by atoms with Gasteiger partial charge in [-0.15, -0.1) is 0 Å². The van der Waals surface area contributed by atoms with E-state index in [1.807, 2.05) is 29.2 Å². The van der Waals surface area contributed by atoms with Gasteiger partial charge in [-0.05, 0) is 49.4 Å². The third-order valence-corrected chi connectivity index (χ3v) is 5.33. The summed E-state index contributed by atoms with van der Waals surface area (Å²) in [6.07, 6.45) is 2.09. The van der Waals surface area contributed by atoms with E-state index in [1.54, 1.807) is 18.2 Å². The van der Waals surface area contributed by atoms with E-state index in [9.17, 15) is 9.18 Å². The number of nitrogens with zero attached hydrogens (tertiary/aromatic N) is 1. The molecular weight excluding hydrogens is 361 g/mol. The smallest absolute Gasteiger partial charge is 0.267 e. The van der Waals surface area contributed by atoms with Gasteiger partial charge in [-0.2, -0.15) is 0 Å². The molecule has 0 N–H and O–H groups in total. The number of fused-ring (bicyclic) bond motifs is 1. The summed E-state index contributed by atoms with van der Waals surface area (Å²) in [5.74, 6) is 1.71. The third-order valence-electron chi connectivity index (χ3n) is 5.33. The Morgan fingerprint density at radius 1 is 1.07 bits per heavy atom. The van der Waals surface area contributed by atoms with Crippen LogP contribution in [0.25, 0.3) is 0 Å². The van der Waals surface area contributed by atoms with Crippen LogP contribution in [-0.4, -0.2) is 43.2 Å². The zero-order valence-electron chi connectivity index (χ0n) is 15.7. The quantitative estimate of drug-likeness (QED) is 0.788. The molecule has 5 nitrogen and oxygen atoms in total. The number of carbonyl (C=O) groups is 1. The number of ether oxygens (including phenoxy) is 3. The molecule has 2 aromatic rings. The summed E-state index contributed by atoms with van der Waals surface area (Å²) in [7, 11) is 0. The minimum Gasteiger partial charge on any atom is -0.491 e. The first-order valence-electron chi connectivity index (χ1n) is 9.75. The molecule has 4 rings (SSSR count). The van der Waals surface area contributed by atoms with E-state index in [2.05, 4.69) is 0 Å². The Morgan fingerprint density at radius 2 is 1.79 bits per heavy atom. The van der Waals surface area contributed by atoms with Gasteiger partial charge in [0.05, 0.1) is 6.61 Å². The zero-order valence-corrected chi connectivity index (χ0v) is 15.7. The Balaban J connectivity index is 1.22. The van der Waals surface area contributed by atoms with E-state index in [0.29, 0.717) is 42.9 Å². The number of para-hydroxylation sites is 3. The highest BCUT2D eigenvalue weighted by molar-refractivity contribution is 5.82. The van der Waals surface area contributed by atoms with Crippen LogP contribution in [0.1, 0.15) is 19.3 Å². The second kappa shape index (κ2) is 8.50. The van der Waals surface area contributed by atoms with Crippen molar-refractivity contribution in [1.29, 1.82) is 0 Å². The summed E-state index contributed by atoms with van der Waals surface area (Å²) in [5.41, 5.74) is 0. The summed E-state index contributed by atoms with van der Waals surface area (Å²) in [6, 6.07) is 13.8. The van der Waals surface area contributed by atoms with Crippen molar-refractivity contribution in [3.63, 3.8) is 0 Å². The monoisotopic (exact) mass is 385 g/mol. The molecule has 0 radical (unpaired) electrons. The molecule has 0 saturated carbocycles. The van der Waals surface area contributed by atoms with E-state index < -0.39 is 6.10 Å². The van der Waals surface area contributed by atoms with E-state index in [-0.39, 0.29) is 18.3 Å². The molecule has 6 heteroatoms. The highest BCUT2D eigenvalue weighted by Gasteiger charge is 2.33. The molecule has 1 unspecified atom stereocenters. The van der Waals surface area contributed by atoms with Crippen molar-refractivity contribution < 1.29 is 23.4 Å². The maximum atomic E-state index is 13.6. The van der Waals surface area contributed by atoms with Crippen LogP contribution < -0.4 is 14.2 Å². The molecule has 0 spiro atoms. The first-order valence-corrected chi connectivity index (χ1v) is 9.75. The fourth-order valence-electron chi connectivity index (χ4n) is 3.68. The lowest BCUT2D eigenvalue weighted by Crippen LogP contribution is -2.49. The Kier molecular flexibility index (Phi) is 5.65. The van der Waals surface area contributed by atoms with Gasteiger partial charge in [0.25, 0.3) is 5.91 Å². The summed E-state index contributed by atoms with van der Waals surface area (Å²) >= 11 is 0. The lowest BCUT2D eigenvalue weighted by Gasteiger charge is -2.35. The van der Waals surface area contributed by atoms with Crippen molar-refractivity contribution >= 4 is 5.91 Å². The fraction of sp³-hybridized carbons (Fsp3) is 0.409. The van der Waals surface area contributed by atoms with Gasteiger partial charge in [0.15, 0.2) is 23.1 Å². The molecule has 2 aliphatic rings. The van der Waals surface area contributed by atoms with Crippen molar-refractivity contribution in [1.82, 2.24) is 4.90 Å². The van der Waals surface area contributed by atoms with Gasteiger partial charge < -0.3 is 19.1 Å². The van der Waals surface area contributed by atoms with Gasteiger partial charge in [-0.3, -0.25) is 4.79 Å². The average Bonchev–Trinajstić information content (AvgIpc) is 2.75. The zero-order chi connectivity index (χ0) is 19.3. The predicted octanol–water partition coefficient (Wildman–Crippen LogP) is 3.67. The number of carbonyl (C=O) groups excluding carboxylic acids is 1. The van der Waals surface area contributed by atoms with Crippen LogP contribution in [0, 0.1) is 11.7 Å². The largest absolute Gasteiger partial charge is 0.491 e. The van der Waals surface area contributed by atoms with Crippen molar-refractivity contribution in [2.75, 3.05) is 26.3 Å². The third kappa shape index (κ3) is 4.21. The second-order valence-corrected chi connectivity index (χ2v) is 7.20. The molecule has 0 aromatic heterocycles. The molecule has 28 heavy (non-hydrogen) atoms. The van der Waals surface area contributed by atoms with Crippen LogP contribution in [-0.2, 0) is 4.79 Å². The van der Waals surface area contributed by atoms with Gasteiger partial charge in [0.2, 0.25) is 6.10 Å². The number of hydrogen-bond donors (Lipinski definition) is 0. The number of amides is 1. The molecule has 2 aromatic carbocycles. The standard InChI is InChI=1S/C22H24FNO4/c23-17-5-1-2-6-18(17)26-14-11-16-9-12-24(13-10-16)22(25)21-15-27-19-7-3-4-8-20(19)28-21/h1-8,16,21H,9-15H2. The molecular formula is C22H24FNO4. The van der Waals surface area contributed by atoms with Crippen molar-refractivity contribution in [2.24, 2.45) is 5.92 Å². The number of halogens is 1. The second-order valence-electron chi connectivity index (χ2n) is 7.20. The molecule has 1 saturated heterocycles. The van der Waals surface area contributed by atoms with Crippen LogP contribution in [0.2, 0.25) is 0 Å². The highest BCUT2D eigenvalue weighted by atomic mass is 19.1. The molecule has 2 aliphatic heterocycles. The number of rotatable bonds is 5. The minimum absolute atomic E-state index is 0.0180. The molecule has 0 bridgehead atoms. The Morgan fingerprint density at radius 3 is 2.57 bits per heavy atom. The van der Waals surface area contributed by atoms with Crippen LogP contribution in [0.15, 0.2) is 48.5 Å². The number of piperidine rings is 1. The molecule has 148 valence electrons. The number of likely N-dealkylation sites (tertiary alicyclic amines) is 1. The maximum absolute atomic E-state index is 13.6. The topological polar surface area (TPSA) is 48.0 Å². The van der Waals surface area contributed by atoms with Crippen LogP contribution >= 0.6 is 0 Å². The minimum atomic E-state index is -0.587. The summed E-state index contributed by atoms with van der Waals surface area (Å²) in [4.78, 5) is 14.6. The van der Waals surface area contributed by atoms with Gasteiger partial charge >= 0.3 is 0 Å². The number of hydrogen-bond acceptors (Lipinski definition) is 4.